The van der Waals surface area contributed by atoms with E-state index in [-0.39, 0.29) is 11.5 Å². The first-order valence-electron chi connectivity index (χ1n) is 10.3. The van der Waals surface area contributed by atoms with Crippen LogP contribution in [0.2, 0.25) is 0 Å². The van der Waals surface area contributed by atoms with Crippen LogP contribution < -0.4 is 14.4 Å². The Morgan fingerprint density at radius 1 is 1.03 bits per heavy atom. The highest BCUT2D eigenvalue weighted by Gasteiger charge is 2.27. The lowest BCUT2D eigenvalue weighted by Gasteiger charge is -2.21. The van der Waals surface area contributed by atoms with Crippen molar-refractivity contribution in [2.24, 2.45) is 0 Å². The number of hydrogen-bond donors (Lipinski definition) is 0. The number of nitrogens with zero attached hydrogens (tertiary/aromatic N) is 2. The number of anilines is 1. The summed E-state index contributed by atoms with van der Waals surface area (Å²) in [5.74, 6) is 0.853. The summed E-state index contributed by atoms with van der Waals surface area (Å²) in [6, 6.07) is 22.1. The maximum absolute atomic E-state index is 11.5. The number of nitro groups is 1. The van der Waals surface area contributed by atoms with Crippen molar-refractivity contribution in [1.82, 2.24) is 0 Å². The molecule has 0 saturated carbocycles. The quantitative estimate of drug-likeness (QED) is 0.393. The molecule has 1 heterocycles. The molecule has 1 atom stereocenters. The van der Waals surface area contributed by atoms with Crippen LogP contribution >= 0.6 is 0 Å². The van der Waals surface area contributed by atoms with Crippen LogP contribution in [0.15, 0.2) is 66.7 Å². The van der Waals surface area contributed by atoms with Gasteiger partial charge in [0.25, 0.3) is 0 Å². The number of fused-ring (bicyclic) bond motifs is 1. The zero-order valence-corrected chi connectivity index (χ0v) is 17.8. The average molecular weight is 418 g/mol. The Bertz CT molecular complexity index is 1070. The fraction of sp³-hybridized carbons (Fsp3) is 0.280. The van der Waals surface area contributed by atoms with Gasteiger partial charge in [-0.15, -0.1) is 0 Å². The monoisotopic (exact) mass is 418 g/mol. The molecule has 1 aliphatic heterocycles. The van der Waals surface area contributed by atoms with Crippen molar-refractivity contribution >= 4 is 5.69 Å². The van der Waals surface area contributed by atoms with Crippen LogP contribution in [0, 0.1) is 10.1 Å². The van der Waals surface area contributed by atoms with Gasteiger partial charge in [-0.05, 0) is 47.4 Å². The molecule has 0 aromatic heterocycles. The molecule has 0 radical (unpaired) electrons. The number of benzene rings is 3. The maximum Gasteiger partial charge on any atom is 0.214 e. The standard InChI is InChI=1S/C25H26N2O4/c1-30-21-9-11-25(31-2)22(15-21)23(17-27(28)29)19-8-10-24-20(14-19)12-13-26(24)16-18-6-4-3-5-7-18/h3-11,14-15,23H,12-13,16-17H2,1-2H3. The van der Waals surface area contributed by atoms with E-state index in [2.05, 4.69) is 41.3 Å². The van der Waals surface area contributed by atoms with Crippen LogP contribution in [0.4, 0.5) is 5.69 Å². The minimum absolute atomic E-state index is 0.212. The Morgan fingerprint density at radius 2 is 1.84 bits per heavy atom. The van der Waals surface area contributed by atoms with Crippen molar-refractivity contribution in [3.8, 4) is 11.5 Å². The van der Waals surface area contributed by atoms with Gasteiger partial charge in [0.05, 0.1) is 20.1 Å². The van der Waals surface area contributed by atoms with E-state index in [0.717, 1.165) is 30.6 Å². The number of rotatable bonds is 8. The van der Waals surface area contributed by atoms with Crippen LogP contribution in [0.1, 0.15) is 28.2 Å². The van der Waals surface area contributed by atoms with Crippen molar-refractivity contribution < 1.29 is 14.4 Å². The second-order valence-electron chi connectivity index (χ2n) is 7.72. The molecule has 0 aliphatic carbocycles. The van der Waals surface area contributed by atoms with E-state index < -0.39 is 5.92 Å². The van der Waals surface area contributed by atoms with Crippen molar-refractivity contribution in [2.45, 2.75) is 18.9 Å². The van der Waals surface area contributed by atoms with Gasteiger partial charge in [-0.3, -0.25) is 10.1 Å². The predicted octanol–water partition coefficient (Wildman–Crippen LogP) is 4.68. The molecular weight excluding hydrogens is 392 g/mol. The third-order valence-electron chi connectivity index (χ3n) is 5.86. The fourth-order valence-corrected chi connectivity index (χ4v) is 4.32. The Morgan fingerprint density at radius 3 is 2.55 bits per heavy atom. The summed E-state index contributed by atoms with van der Waals surface area (Å²) in [6.45, 7) is 1.58. The zero-order valence-electron chi connectivity index (χ0n) is 17.8. The van der Waals surface area contributed by atoms with Crippen LogP contribution in [0.3, 0.4) is 0 Å². The largest absolute Gasteiger partial charge is 0.497 e. The Kier molecular flexibility index (Phi) is 6.07. The summed E-state index contributed by atoms with van der Waals surface area (Å²) < 4.78 is 10.9. The maximum atomic E-state index is 11.5. The third-order valence-corrected chi connectivity index (χ3v) is 5.86. The molecule has 31 heavy (non-hydrogen) atoms. The normalized spacial score (nSPS) is 13.5. The summed E-state index contributed by atoms with van der Waals surface area (Å²) in [6.07, 6.45) is 0.927. The van der Waals surface area contributed by atoms with Gasteiger partial charge < -0.3 is 14.4 Å². The minimum atomic E-state index is -0.423. The van der Waals surface area contributed by atoms with Gasteiger partial charge in [-0.1, -0.05) is 42.5 Å². The lowest BCUT2D eigenvalue weighted by atomic mass is 9.89. The minimum Gasteiger partial charge on any atom is -0.497 e. The molecule has 0 N–H and O–H groups in total. The molecule has 3 aromatic carbocycles. The molecule has 6 heteroatoms. The number of methoxy groups -OCH3 is 2. The van der Waals surface area contributed by atoms with E-state index in [9.17, 15) is 10.1 Å². The molecule has 0 fully saturated rings. The van der Waals surface area contributed by atoms with Gasteiger partial charge in [0, 0.05) is 29.3 Å². The van der Waals surface area contributed by atoms with E-state index in [1.54, 1.807) is 26.4 Å². The molecule has 1 unspecified atom stereocenters. The van der Waals surface area contributed by atoms with E-state index in [0.29, 0.717) is 11.5 Å². The third kappa shape index (κ3) is 4.48. The molecule has 4 rings (SSSR count). The van der Waals surface area contributed by atoms with E-state index in [1.165, 1.54) is 16.8 Å². The topological polar surface area (TPSA) is 64.8 Å². The lowest BCUT2D eigenvalue weighted by Crippen LogP contribution is -2.19. The Labute approximate surface area is 182 Å². The van der Waals surface area contributed by atoms with E-state index in [4.69, 9.17) is 9.47 Å². The molecule has 0 spiro atoms. The predicted molar refractivity (Wildman–Crippen MR) is 121 cm³/mol. The van der Waals surface area contributed by atoms with Gasteiger partial charge in [-0.2, -0.15) is 0 Å². The number of hydrogen-bond acceptors (Lipinski definition) is 5. The molecule has 3 aromatic rings. The first kappa shape index (κ1) is 20.7. The highest BCUT2D eigenvalue weighted by atomic mass is 16.6. The molecule has 1 aliphatic rings. The summed E-state index contributed by atoms with van der Waals surface area (Å²) in [5.41, 5.74) is 5.38. The van der Waals surface area contributed by atoms with Crippen molar-refractivity contribution in [2.75, 3.05) is 32.2 Å². The lowest BCUT2D eigenvalue weighted by molar-refractivity contribution is -0.481. The van der Waals surface area contributed by atoms with E-state index in [1.807, 2.05) is 18.2 Å². The SMILES string of the molecule is COc1ccc(OC)c(C(C[N+](=O)[O-])c2ccc3c(c2)CCN3Cc2ccccc2)c1. The first-order valence-corrected chi connectivity index (χ1v) is 10.3. The molecule has 0 amide bonds. The van der Waals surface area contributed by atoms with Crippen LogP contribution in [0.5, 0.6) is 11.5 Å². The molecule has 160 valence electrons. The highest BCUT2D eigenvalue weighted by molar-refractivity contribution is 5.60. The van der Waals surface area contributed by atoms with Crippen molar-refractivity contribution in [3.63, 3.8) is 0 Å². The van der Waals surface area contributed by atoms with Gasteiger partial charge in [0.1, 0.15) is 11.5 Å². The molecular formula is C25H26N2O4. The second kappa shape index (κ2) is 9.08. The molecule has 0 saturated heterocycles. The Hall–Kier alpha value is -3.54. The zero-order chi connectivity index (χ0) is 21.8. The van der Waals surface area contributed by atoms with Gasteiger partial charge in [-0.25, -0.2) is 0 Å². The average Bonchev–Trinajstić information content (AvgIpc) is 3.19. The van der Waals surface area contributed by atoms with Crippen LogP contribution in [0.25, 0.3) is 0 Å². The summed E-state index contributed by atoms with van der Waals surface area (Å²) in [7, 11) is 3.17. The van der Waals surface area contributed by atoms with Crippen LogP contribution in [-0.4, -0.2) is 32.2 Å². The van der Waals surface area contributed by atoms with Gasteiger partial charge >= 0.3 is 0 Å². The van der Waals surface area contributed by atoms with Crippen molar-refractivity contribution in [3.05, 3.63) is 99.1 Å². The number of ether oxygens (including phenoxy) is 2. The summed E-state index contributed by atoms with van der Waals surface area (Å²) in [5, 5.41) is 11.5. The smallest absolute Gasteiger partial charge is 0.214 e. The van der Waals surface area contributed by atoms with Gasteiger partial charge in [0.2, 0.25) is 6.54 Å². The van der Waals surface area contributed by atoms with Gasteiger partial charge in [0.15, 0.2) is 0 Å². The first-order chi connectivity index (χ1) is 15.1. The molecule has 0 bridgehead atoms. The Balaban J connectivity index is 1.68. The highest BCUT2D eigenvalue weighted by Crippen LogP contribution is 2.38. The molecule has 6 nitrogen and oxygen atoms in total. The van der Waals surface area contributed by atoms with Crippen molar-refractivity contribution in [1.29, 1.82) is 0 Å². The van der Waals surface area contributed by atoms with E-state index >= 15 is 0 Å². The fourth-order valence-electron chi connectivity index (χ4n) is 4.32. The summed E-state index contributed by atoms with van der Waals surface area (Å²) in [4.78, 5) is 13.6. The van der Waals surface area contributed by atoms with Crippen LogP contribution in [-0.2, 0) is 13.0 Å². The second-order valence-corrected chi connectivity index (χ2v) is 7.72. The summed E-state index contributed by atoms with van der Waals surface area (Å²) >= 11 is 0.